The Kier molecular flexibility index (Phi) is 9.68. The number of hydrogen-bond acceptors (Lipinski definition) is 5. The number of ether oxygens (including phenoxy) is 1. The van der Waals surface area contributed by atoms with Crippen LogP contribution in [0.4, 0.5) is 4.79 Å². The largest absolute Gasteiger partial charge is 0.445 e. The van der Waals surface area contributed by atoms with Crippen molar-refractivity contribution in [1.29, 1.82) is 0 Å². The molecule has 1 aromatic rings. The van der Waals surface area contributed by atoms with Crippen molar-refractivity contribution >= 4 is 23.7 Å². The molecular formula is C24H35N3O5. The molecule has 0 aliphatic carbocycles. The number of benzene rings is 1. The smallest absolute Gasteiger partial charge is 0.408 e. The highest BCUT2D eigenvalue weighted by Crippen LogP contribution is 2.13. The Morgan fingerprint density at radius 1 is 1.09 bits per heavy atom. The molecule has 1 saturated heterocycles. The first-order valence-corrected chi connectivity index (χ1v) is 11.2. The normalized spacial score (nSPS) is 16.9. The van der Waals surface area contributed by atoms with Crippen LogP contribution in [0, 0.1) is 11.8 Å². The van der Waals surface area contributed by atoms with Crippen LogP contribution in [0.3, 0.4) is 0 Å². The lowest BCUT2D eigenvalue weighted by atomic mass is 10.0. The van der Waals surface area contributed by atoms with Crippen molar-refractivity contribution in [3.05, 3.63) is 35.9 Å². The second-order valence-electron chi connectivity index (χ2n) is 9.12. The summed E-state index contributed by atoms with van der Waals surface area (Å²) < 4.78 is 5.23. The van der Waals surface area contributed by atoms with E-state index in [4.69, 9.17) is 4.74 Å². The second kappa shape index (κ2) is 12.2. The molecule has 2 rings (SSSR count). The van der Waals surface area contributed by atoms with Crippen molar-refractivity contribution in [2.75, 3.05) is 13.1 Å². The summed E-state index contributed by atoms with van der Waals surface area (Å²) in [5, 5.41) is 5.32. The lowest BCUT2D eigenvalue weighted by Gasteiger charge is -2.22. The van der Waals surface area contributed by atoms with Crippen molar-refractivity contribution in [3.63, 3.8) is 0 Å². The van der Waals surface area contributed by atoms with E-state index in [1.165, 1.54) is 4.90 Å². The highest BCUT2D eigenvalue weighted by atomic mass is 16.5. The summed E-state index contributed by atoms with van der Waals surface area (Å²) in [6.45, 7) is 8.21. The van der Waals surface area contributed by atoms with E-state index >= 15 is 0 Å². The number of nitrogens with zero attached hydrogens (tertiary/aromatic N) is 1. The van der Waals surface area contributed by atoms with Crippen molar-refractivity contribution in [1.82, 2.24) is 15.5 Å². The topological polar surface area (TPSA) is 105 Å². The summed E-state index contributed by atoms with van der Waals surface area (Å²) in [5.41, 5.74) is 0.839. The molecular weight excluding hydrogens is 410 g/mol. The minimum Gasteiger partial charge on any atom is -0.445 e. The van der Waals surface area contributed by atoms with Crippen LogP contribution in [-0.4, -0.2) is 53.8 Å². The fourth-order valence-corrected chi connectivity index (χ4v) is 3.45. The van der Waals surface area contributed by atoms with Crippen LogP contribution in [0.15, 0.2) is 30.3 Å². The molecule has 1 fully saturated rings. The van der Waals surface area contributed by atoms with Gasteiger partial charge in [-0.05, 0) is 30.2 Å². The molecule has 1 heterocycles. The summed E-state index contributed by atoms with van der Waals surface area (Å²) in [5.74, 6) is -0.202. The summed E-state index contributed by atoms with van der Waals surface area (Å²) in [7, 11) is 0. The number of rotatable bonds is 10. The van der Waals surface area contributed by atoms with Gasteiger partial charge < -0.3 is 20.3 Å². The fraction of sp³-hybridized carbons (Fsp3) is 0.583. The van der Waals surface area contributed by atoms with Gasteiger partial charge in [-0.3, -0.25) is 14.4 Å². The molecule has 3 amide bonds. The number of nitrogens with one attached hydrogen (secondary N) is 2. The number of Topliss-reactive ketones (excluding diaryl/α,β-unsaturated/α-hetero) is 1. The molecule has 2 atom stereocenters. The van der Waals surface area contributed by atoms with E-state index in [0.29, 0.717) is 18.8 Å². The maximum Gasteiger partial charge on any atom is 0.408 e. The van der Waals surface area contributed by atoms with Crippen LogP contribution < -0.4 is 10.6 Å². The zero-order valence-electron chi connectivity index (χ0n) is 19.4. The summed E-state index contributed by atoms with van der Waals surface area (Å²) in [6, 6.07) is 7.65. The molecule has 1 aliphatic heterocycles. The van der Waals surface area contributed by atoms with E-state index in [1.807, 2.05) is 58.0 Å². The van der Waals surface area contributed by atoms with Crippen LogP contribution in [0.1, 0.15) is 52.5 Å². The lowest BCUT2D eigenvalue weighted by Crippen LogP contribution is -2.52. The number of alkyl carbamates (subject to hydrolysis) is 1. The van der Waals surface area contributed by atoms with E-state index in [9.17, 15) is 19.2 Å². The van der Waals surface area contributed by atoms with Gasteiger partial charge in [0.1, 0.15) is 18.7 Å². The Bertz CT molecular complexity index is 794. The Morgan fingerprint density at radius 2 is 1.78 bits per heavy atom. The van der Waals surface area contributed by atoms with Gasteiger partial charge in [-0.2, -0.15) is 0 Å². The molecule has 8 heteroatoms. The van der Waals surface area contributed by atoms with Gasteiger partial charge in [-0.15, -0.1) is 0 Å². The van der Waals surface area contributed by atoms with Crippen molar-refractivity contribution in [2.24, 2.45) is 11.8 Å². The van der Waals surface area contributed by atoms with Gasteiger partial charge in [0.05, 0.1) is 6.54 Å². The predicted molar refractivity (Wildman–Crippen MR) is 121 cm³/mol. The molecule has 0 spiro atoms. The Balaban J connectivity index is 1.90. The van der Waals surface area contributed by atoms with Crippen molar-refractivity contribution in [3.8, 4) is 0 Å². The van der Waals surface area contributed by atoms with Gasteiger partial charge in [-0.25, -0.2) is 4.79 Å². The van der Waals surface area contributed by atoms with Gasteiger partial charge in [0.25, 0.3) is 0 Å². The first-order chi connectivity index (χ1) is 15.2. The van der Waals surface area contributed by atoms with Crippen LogP contribution in [-0.2, 0) is 25.7 Å². The number of ketones is 1. The van der Waals surface area contributed by atoms with E-state index in [1.54, 1.807) is 0 Å². The molecule has 0 radical (unpaired) electrons. The molecule has 32 heavy (non-hydrogen) atoms. The Labute approximate surface area is 190 Å². The van der Waals surface area contributed by atoms with Crippen molar-refractivity contribution < 1.29 is 23.9 Å². The van der Waals surface area contributed by atoms with E-state index in [-0.39, 0.29) is 37.3 Å². The van der Waals surface area contributed by atoms with Gasteiger partial charge >= 0.3 is 6.09 Å². The van der Waals surface area contributed by atoms with Crippen LogP contribution in [0.25, 0.3) is 0 Å². The third kappa shape index (κ3) is 8.32. The monoisotopic (exact) mass is 445 g/mol. The average molecular weight is 446 g/mol. The average Bonchev–Trinajstić information content (AvgIpc) is 3.10. The van der Waals surface area contributed by atoms with Crippen LogP contribution in [0.5, 0.6) is 0 Å². The molecule has 0 aromatic heterocycles. The SMILES string of the molecule is CC(C)CCC(=O)N1CC(=O)C(NC(=O)[C@H](CC(C)C)NC(=O)OCc2ccccc2)C1. The standard InChI is InChI=1S/C24H35N3O5/c1-16(2)10-11-22(29)27-13-20(21(28)14-27)25-23(30)19(12-17(3)4)26-24(31)32-15-18-8-6-5-7-9-18/h5-9,16-17,19-20H,10-15H2,1-4H3,(H,25,30)(H,26,31)/t19-,20?/m0/s1. The number of hydrogen-bond donors (Lipinski definition) is 2. The van der Waals surface area contributed by atoms with E-state index in [0.717, 1.165) is 12.0 Å². The van der Waals surface area contributed by atoms with Crippen molar-refractivity contribution in [2.45, 2.75) is 65.6 Å². The molecule has 8 nitrogen and oxygen atoms in total. The molecule has 2 N–H and O–H groups in total. The molecule has 0 saturated carbocycles. The first-order valence-electron chi connectivity index (χ1n) is 11.2. The fourth-order valence-electron chi connectivity index (χ4n) is 3.45. The minimum absolute atomic E-state index is 0.00324. The maximum atomic E-state index is 12.8. The number of carbonyl (C=O) groups excluding carboxylic acids is 4. The van der Waals surface area contributed by atoms with E-state index < -0.39 is 24.1 Å². The summed E-state index contributed by atoms with van der Waals surface area (Å²) in [4.78, 5) is 51.3. The third-order valence-electron chi connectivity index (χ3n) is 5.27. The Hall–Kier alpha value is -2.90. The lowest BCUT2D eigenvalue weighted by molar-refractivity contribution is -0.132. The zero-order valence-corrected chi connectivity index (χ0v) is 19.4. The molecule has 1 unspecified atom stereocenters. The maximum absolute atomic E-state index is 12.8. The molecule has 1 aliphatic rings. The van der Waals surface area contributed by atoms with Gasteiger partial charge in [-0.1, -0.05) is 58.0 Å². The highest BCUT2D eigenvalue weighted by molar-refractivity contribution is 5.97. The number of likely N-dealkylation sites (tertiary alicyclic amines) is 1. The summed E-state index contributed by atoms with van der Waals surface area (Å²) >= 11 is 0. The molecule has 1 aromatic carbocycles. The first kappa shape index (κ1) is 25.4. The van der Waals surface area contributed by atoms with Gasteiger partial charge in [0.2, 0.25) is 11.8 Å². The molecule has 0 bridgehead atoms. The van der Waals surface area contributed by atoms with Gasteiger partial charge in [0, 0.05) is 13.0 Å². The minimum atomic E-state index is -0.836. The zero-order chi connectivity index (χ0) is 23.7. The van der Waals surface area contributed by atoms with E-state index in [2.05, 4.69) is 10.6 Å². The summed E-state index contributed by atoms with van der Waals surface area (Å²) in [6.07, 6.45) is 0.838. The molecule has 176 valence electrons. The van der Waals surface area contributed by atoms with Gasteiger partial charge in [0.15, 0.2) is 5.78 Å². The quantitative estimate of drug-likeness (QED) is 0.576. The van der Waals surface area contributed by atoms with Crippen LogP contribution >= 0.6 is 0 Å². The number of amides is 3. The predicted octanol–water partition coefficient (Wildman–Crippen LogP) is 2.66. The second-order valence-corrected chi connectivity index (χ2v) is 9.12. The Morgan fingerprint density at radius 3 is 2.41 bits per heavy atom. The number of carbonyl (C=O) groups is 4. The van der Waals surface area contributed by atoms with Crippen LogP contribution in [0.2, 0.25) is 0 Å². The highest BCUT2D eigenvalue weighted by Gasteiger charge is 2.36. The third-order valence-corrected chi connectivity index (χ3v) is 5.27.